The minimum Gasteiger partial charge on any atom is -0.506 e. The molecule has 0 bridgehead atoms. The molecule has 0 spiro atoms. The number of fused-ring (bicyclic) bond motifs is 1. The third-order valence-corrected chi connectivity index (χ3v) is 4.80. The minimum absolute atomic E-state index is 0.0248. The van der Waals surface area contributed by atoms with Crippen molar-refractivity contribution in [2.24, 2.45) is 10.2 Å². The fourth-order valence-electron chi connectivity index (χ4n) is 2.65. The van der Waals surface area contributed by atoms with Crippen LogP contribution in [0.3, 0.4) is 0 Å². The normalized spacial score (nSPS) is 11.9. The Morgan fingerprint density at radius 1 is 1.00 bits per heavy atom. The summed E-state index contributed by atoms with van der Waals surface area (Å²) in [6.07, 6.45) is 0. The van der Waals surface area contributed by atoms with Crippen LogP contribution in [0.5, 0.6) is 5.75 Å². The summed E-state index contributed by atoms with van der Waals surface area (Å²) in [7, 11) is -4.60. The van der Waals surface area contributed by atoms with Crippen molar-refractivity contribution in [1.82, 2.24) is 0 Å². The van der Waals surface area contributed by atoms with Crippen LogP contribution in [-0.2, 0) is 10.1 Å². The van der Waals surface area contributed by atoms with Gasteiger partial charge in [-0.1, -0.05) is 30.3 Å². The fourth-order valence-corrected chi connectivity index (χ4v) is 3.38. The molecular formula is C17H13N3O6S. The quantitative estimate of drug-likeness (QED) is 0.293. The summed E-state index contributed by atoms with van der Waals surface area (Å²) in [5.74, 6) is -0.390. The highest BCUT2D eigenvalue weighted by atomic mass is 32.2. The van der Waals surface area contributed by atoms with Crippen molar-refractivity contribution in [2.75, 3.05) is 0 Å². The molecule has 0 heterocycles. The zero-order valence-electron chi connectivity index (χ0n) is 13.9. The van der Waals surface area contributed by atoms with Gasteiger partial charge in [0.2, 0.25) is 0 Å². The van der Waals surface area contributed by atoms with E-state index in [2.05, 4.69) is 10.2 Å². The highest BCUT2D eigenvalue weighted by Gasteiger charge is 2.20. The lowest BCUT2D eigenvalue weighted by molar-refractivity contribution is -0.384. The van der Waals surface area contributed by atoms with Gasteiger partial charge in [0, 0.05) is 11.5 Å². The van der Waals surface area contributed by atoms with Crippen molar-refractivity contribution in [3.05, 3.63) is 64.2 Å². The van der Waals surface area contributed by atoms with Crippen LogP contribution in [0.2, 0.25) is 0 Å². The average molecular weight is 387 g/mol. The molecule has 0 saturated heterocycles. The predicted octanol–water partition coefficient (Wildman–Crippen LogP) is 4.42. The molecule has 10 heteroatoms. The van der Waals surface area contributed by atoms with Gasteiger partial charge in [-0.25, -0.2) is 0 Å². The third kappa shape index (κ3) is 3.48. The molecule has 0 aliphatic carbocycles. The smallest absolute Gasteiger partial charge is 0.296 e. The van der Waals surface area contributed by atoms with E-state index in [4.69, 9.17) is 0 Å². The number of hydrogen-bond donors (Lipinski definition) is 2. The minimum atomic E-state index is -4.60. The van der Waals surface area contributed by atoms with E-state index < -0.39 is 25.7 Å². The first kappa shape index (κ1) is 18.4. The van der Waals surface area contributed by atoms with E-state index in [1.165, 1.54) is 30.3 Å². The van der Waals surface area contributed by atoms with Gasteiger partial charge in [-0.15, -0.1) is 10.2 Å². The molecule has 0 amide bonds. The summed E-state index contributed by atoms with van der Waals surface area (Å²) in [4.78, 5) is 10.1. The molecule has 0 radical (unpaired) electrons. The summed E-state index contributed by atoms with van der Waals surface area (Å²) in [6, 6.07) is 11.3. The molecule has 0 aromatic heterocycles. The lowest BCUT2D eigenvalue weighted by Crippen LogP contribution is -1.99. The molecular weight excluding hydrogens is 374 g/mol. The van der Waals surface area contributed by atoms with Gasteiger partial charge in [-0.05, 0) is 30.0 Å². The summed E-state index contributed by atoms with van der Waals surface area (Å²) in [6.45, 7) is 1.61. The van der Waals surface area contributed by atoms with Gasteiger partial charge >= 0.3 is 0 Å². The van der Waals surface area contributed by atoms with E-state index in [0.29, 0.717) is 10.9 Å². The average Bonchev–Trinajstić information content (AvgIpc) is 2.60. The fraction of sp³-hybridized carbons (Fsp3) is 0.0588. The topological polar surface area (TPSA) is 142 Å². The number of nitro groups is 1. The summed E-state index contributed by atoms with van der Waals surface area (Å²) in [5, 5.41) is 29.5. The van der Waals surface area contributed by atoms with Crippen molar-refractivity contribution < 1.29 is 23.0 Å². The number of aromatic hydroxyl groups is 1. The lowest BCUT2D eigenvalue weighted by Gasteiger charge is -2.08. The molecule has 0 fully saturated rings. The van der Waals surface area contributed by atoms with Gasteiger partial charge in [0.15, 0.2) is 5.69 Å². The van der Waals surface area contributed by atoms with Gasteiger partial charge in [0.25, 0.3) is 15.8 Å². The van der Waals surface area contributed by atoms with Crippen molar-refractivity contribution >= 4 is 38.0 Å². The number of rotatable bonds is 4. The van der Waals surface area contributed by atoms with Crippen LogP contribution in [0.4, 0.5) is 17.1 Å². The Bertz CT molecular complexity index is 1200. The Kier molecular flexibility index (Phi) is 4.60. The molecule has 0 unspecified atom stereocenters. The van der Waals surface area contributed by atoms with E-state index in [1.807, 2.05) is 0 Å². The molecule has 9 nitrogen and oxygen atoms in total. The molecule has 2 N–H and O–H groups in total. The number of hydrogen-bond acceptors (Lipinski definition) is 7. The Labute approximate surface area is 153 Å². The summed E-state index contributed by atoms with van der Waals surface area (Å²) in [5.41, 5.74) is -0.0577. The number of azo groups is 1. The monoisotopic (exact) mass is 387 g/mol. The molecule has 27 heavy (non-hydrogen) atoms. The van der Waals surface area contributed by atoms with Gasteiger partial charge in [-0.2, -0.15) is 8.42 Å². The summed E-state index contributed by atoms with van der Waals surface area (Å²) < 4.78 is 32.9. The lowest BCUT2D eigenvalue weighted by atomic mass is 10.1. The van der Waals surface area contributed by atoms with Crippen molar-refractivity contribution in [3.63, 3.8) is 0 Å². The van der Waals surface area contributed by atoms with E-state index in [9.17, 15) is 28.2 Å². The second-order valence-corrected chi connectivity index (χ2v) is 7.05. The van der Waals surface area contributed by atoms with E-state index in [1.54, 1.807) is 19.1 Å². The highest BCUT2D eigenvalue weighted by molar-refractivity contribution is 7.86. The maximum Gasteiger partial charge on any atom is 0.296 e. The Morgan fingerprint density at radius 2 is 1.67 bits per heavy atom. The highest BCUT2D eigenvalue weighted by Crippen LogP contribution is 2.40. The van der Waals surface area contributed by atoms with Crippen LogP contribution in [0.25, 0.3) is 10.8 Å². The second kappa shape index (κ2) is 6.74. The number of benzene rings is 3. The molecule has 0 aliphatic heterocycles. The summed E-state index contributed by atoms with van der Waals surface area (Å²) >= 11 is 0. The van der Waals surface area contributed by atoms with E-state index in [-0.39, 0.29) is 22.4 Å². The van der Waals surface area contributed by atoms with Crippen LogP contribution >= 0.6 is 0 Å². The number of phenolic OH excluding ortho intramolecular Hbond substituents is 1. The molecule has 0 saturated carbocycles. The molecule has 0 atom stereocenters. The van der Waals surface area contributed by atoms with Gasteiger partial charge < -0.3 is 5.11 Å². The van der Waals surface area contributed by atoms with Crippen LogP contribution < -0.4 is 0 Å². The number of phenols is 1. The number of nitrogens with zero attached hydrogens (tertiary/aromatic N) is 3. The van der Waals surface area contributed by atoms with Crippen LogP contribution in [-0.4, -0.2) is 23.0 Å². The SMILES string of the molecule is Cc1cccc([N+](=O)[O-])c1N=Nc1c(O)ccc2cccc(S(=O)(=O)O)c12. The molecule has 138 valence electrons. The van der Waals surface area contributed by atoms with E-state index in [0.717, 1.165) is 6.07 Å². The molecule has 0 aliphatic rings. The second-order valence-electron chi connectivity index (χ2n) is 5.66. The first-order valence-corrected chi connectivity index (χ1v) is 9.02. The first-order valence-electron chi connectivity index (χ1n) is 7.58. The molecule has 3 aromatic rings. The van der Waals surface area contributed by atoms with Crippen molar-refractivity contribution in [2.45, 2.75) is 11.8 Å². The molecule has 3 aromatic carbocycles. The zero-order valence-corrected chi connectivity index (χ0v) is 14.7. The van der Waals surface area contributed by atoms with Crippen molar-refractivity contribution in [1.29, 1.82) is 0 Å². The third-order valence-electron chi connectivity index (χ3n) is 3.90. The largest absolute Gasteiger partial charge is 0.506 e. The van der Waals surface area contributed by atoms with Gasteiger partial charge in [0.1, 0.15) is 16.3 Å². The van der Waals surface area contributed by atoms with Crippen molar-refractivity contribution in [3.8, 4) is 5.75 Å². The first-order chi connectivity index (χ1) is 12.7. The Balaban J connectivity index is 2.30. The number of nitro benzene ring substituents is 1. The maximum atomic E-state index is 11.7. The van der Waals surface area contributed by atoms with Gasteiger partial charge in [0.05, 0.1) is 4.92 Å². The van der Waals surface area contributed by atoms with Crippen LogP contribution in [0.15, 0.2) is 63.7 Å². The van der Waals surface area contributed by atoms with Crippen LogP contribution in [0, 0.1) is 17.0 Å². The Morgan fingerprint density at radius 3 is 2.33 bits per heavy atom. The predicted molar refractivity (Wildman–Crippen MR) is 97.4 cm³/mol. The zero-order chi connectivity index (χ0) is 19.8. The Hall–Kier alpha value is -3.37. The maximum absolute atomic E-state index is 11.7. The molecule has 3 rings (SSSR count). The van der Waals surface area contributed by atoms with Crippen LogP contribution in [0.1, 0.15) is 5.56 Å². The number of aryl methyl sites for hydroxylation is 1. The standard InChI is InChI=1S/C17H13N3O6S/c1-10-4-2-6-12(20(22)23)16(10)18-19-17-13(21)9-8-11-5-3-7-14(15(11)17)27(24,25)26/h2-9,21H,1H3,(H,24,25,26). The van der Waals surface area contributed by atoms with Gasteiger partial charge in [-0.3, -0.25) is 14.7 Å². The van der Waals surface area contributed by atoms with E-state index >= 15 is 0 Å².